The highest BCUT2D eigenvalue weighted by molar-refractivity contribution is 9.10. The van der Waals surface area contributed by atoms with Crippen molar-refractivity contribution in [3.8, 4) is 0 Å². The van der Waals surface area contributed by atoms with E-state index in [0.717, 1.165) is 30.4 Å². The van der Waals surface area contributed by atoms with Gasteiger partial charge in [0.1, 0.15) is 0 Å². The van der Waals surface area contributed by atoms with Crippen LogP contribution in [0, 0.1) is 5.82 Å². The molecule has 0 unspecified atom stereocenters. The Kier molecular flexibility index (Phi) is 4.96. The van der Waals surface area contributed by atoms with Gasteiger partial charge in [-0.15, -0.1) is 0 Å². The lowest BCUT2D eigenvalue weighted by Crippen LogP contribution is -2.44. The average Bonchev–Trinajstić information content (AvgIpc) is 2.55. The summed E-state index contributed by atoms with van der Waals surface area (Å²) in [5.74, 6) is 0.693. The Labute approximate surface area is 147 Å². The van der Waals surface area contributed by atoms with Crippen LogP contribution in [-0.2, 0) is 0 Å². The minimum Gasteiger partial charge on any atom is -0.354 e. The lowest BCUT2D eigenvalue weighted by atomic mass is 10.0. The van der Waals surface area contributed by atoms with E-state index in [0.29, 0.717) is 22.8 Å². The zero-order valence-corrected chi connectivity index (χ0v) is 14.9. The minimum absolute atomic E-state index is 0.313. The maximum absolute atomic E-state index is 14.0. The third-order valence-electron chi connectivity index (χ3n) is 4.02. The molecule has 1 aliphatic rings. The van der Waals surface area contributed by atoms with E-state index in [4.69, 9.17) is 11.6 Å². The Hall–Kier alpha value is -1.47. The molecule has 0 aromatic carbocycles. The van der Waals surface area contributed by atoms with Crippen LogP contribution in [-0.4, -0.2) is 41.1 Å². The van der Waals surface area contributed by atoms with Crippen molar-refractivity contribution >= 4 is 39.3 Å². The first-order chi connectivity index (χ1) is 11.0. The summed E-state index contributed by atoms with van der Waals surface area (Å²) in [5.41, 5.74) is 0. The third kappa shape index (κ3) is 3.72. The van der Waals surface area contributed by atoms with Crippen LogP contribution in [0.2, 0.25) is 5.02 Å². The average molecular weight is 401 g/mol. The first-order valence-corrected chi connectivity index (χ1v) is 8.48. The van der Waals surface area contributed by atoms with Gasteiger partial charge in [0.15, 0.2) is 11.6 Å². The predicted molar refractivity (Wildman–Crippen MR) is 92.6 cm³/mol. The maximum atomic E-state index is 14.0. The fourth-order valence-electron chi connectivity index (χ4n) is 2.76. The summed E-state index contributed by atoms with van der Waals surface area (Å²) in [6.07, 6.45) is 6.73. The number of halogens is 3. The third-order valence-corrected chi connectivity index (χ3v) is 4.64. The molecule has 1 aliphatic heterocycles. The molecule has 8 heteroatoms. The van der Waals surface area contributed by atoms with Crippen LogP contribution in [0.1, 0.15) is 12.8 Å². The summed E-state index contributed by atoms with van der Waals surface area (Å²) in [7, 11) is 1.99. The van der Waals surface area contributed by atoms with Gasteiger partial charge in [-0.05, 0) is 34.8 Å². The molecule has 3 rings (SSSR count). The van der Waals surface area contributed by atoms with Crippen molar-refractivity contribution < 1.29 is 4.39 Å². The topological polar surface area (TPSA) is 45.2 Å². The summed E-state index contributed by atoms with van der Waals surface area (Å²) in [6.45, 7) is 1.47. The zero-order valence-electron chi connectivity index (χ0n) is 12.6. The Morgan fingerprint density at radius 1 is 1.22 bits per heavy atom. The fourth-order valence-corrected chi connectivity index (χ4v) is 3.11. The lowest BCUT2D eigenvalue weighted by Gasteiger charge is -2.37. The highest BCUT2D eigenvalue weighted by atomic mass is 79.9. The number of anilines is 2. The van der Waals surface area contributed by atoms with E-state index < -0.39 is 0 Å². The molecular weight excluding hydrogens is 385 g/mol. The van der Waals surface area contributed by atoms with Crippen LogP contribution in [0.25, 0.3) is 0 Å². The standard InChI is InChI=1S/C15H16BrClFN5/c1-22(15-20-7-10(16)8-21-15)12-2-4-23(5-3-12)14-13(18)6-11(17)9-19-14/h6-9,12H,2-5H2,1H3. The van der Waals surface area contributed by atoms with Crippen molar-refractivity contribution in [3.05, 3.63) is 40.0 Å². The number of hydrogen-bond donors (Lipinski definition) is 0. The van der Waals surface area contributed by atoms with Gasteiger partial charge in [-0.25, -0.2) is 19.3 Å². The van der Waals surface area contributed by atoms with Crippen molar-refractivity contribution in [2.45, 2.75) is 18.9 Å². The van der Waals surface area contributed by atoms with Crippen LogP contribution in [0.5, 0.6) is 0 Å². The Bertz CT molecular complexity index is 676. The molecular formula is C15H16BrClFN5. The van der Waals surface area contributed by atoms with Crippen LogP contribution >= 0.6 is 27.5 Å². The molecule has 0 aliphatic carbocycles. The summed E-state index contributed by atoms with van der Waals surface area (Å²) in [6, 6.07) is 1.63. The molecule has 0 spiro atoms. The molecule has 3 heterocycles. The summed E-state index contributed by atoms with van der Waals surface area (Å²) < 4.78 is 14.8. The summed E-state index contributed by atoms with van der Waals surface area (Å²) >= 11 is 9.09. The fraction of sp³-hybridized carbons (Fsp3) is 0.400. The Morgan fingerprint density at radius 3 is 2.48 bits per heavy atom. The van der Waals surface area contributed by atoms with E-state index in [-0.39, 0.29) is 5.82 Å². The predicted octanol–water partition coefficient (Wildman–Crippen LogP) is 3.53. The molecule has 23 heavy (non-hydrogen) atoms. The summed E-state index contributed by atoms with van der Waals surface area (Å²) in [4.78, 5) is 16.8. The number of nitrogens with zero attached hydrogens (tertiary/aromatic N) is 5. The molecule has 0 radical (unpaired) electrons. The highest BCUT2D eigenvalue weighted by Crippen LogP contribution is 2.25. The first-order valence-electron chi connectivity index (χ1n) is 7.31. The van der Waals surface area contributed by atoms with Crippen molar-refractivity contribution in [2.75, 3.05) is 29.9 Å². The van der Waals surface area contributed by atoms with Gasteiger partial charge in [-0.3, -0.25) is 0 Å². The monoisotopic (exact) mass is 399 g/mol. The second-order valence-corrected chi connectivity index (χ2v) is 6.84. The van der Waals surface area contributed by atoms with Crippen LogP contribution in [0.3, 0.4) is 0 Å². The molecule has 0 amide bonds. The molecule has 5 nitrogen and oxygen atoms in total. The largest absolute Gasteiger partial charge is 0.354 e. The SMILES string of the molecule is CN(c1ncc(Br)cn1)C1CCN(c2ncc(Cl)cc2F)CC1. The molecule has 2 aromatic heterocycles. The van der Waals surface area contributed by atoms with Crippen LogP contribution < -0.4 is 9.80 Å². The van der Waals surface area contributed by atoms with E-state index >= 15 is 0 Å². The van der Waals surface area contributed by atoms with Crippen LogP contribution in [0.15, 0.2) is 29.1 Å². The minimum atomic E-state index is -0.374. The van der Waals surface area contributed by atoms with Crippen molar-refractivity contribution in [1.29, 1.82) is 0 Å². The number of hydrogen-bond acceptors (Lipinski definition) is 5. The lowest BCUT2D eigenvalue weighted by molar-refractivity contribution is 0.469. The number of pyridine rings is 1. The molecule has 1 saturated heterocycles. The van der Waals surface area contributed by atoms with Gasteiger partial charge >= 0.3 is 0 Å². The number of aromatic nitrogens is 3. The van der Waals surface area contributed by atoms with Gasteiger partial charge in [-0.1, -0.05) is 11.6 Å². The van der Waals surface area contributed by atoms with E-state index in [2.05, 4.69) is 35.8 Å². The molecule has 2 aromatic rings. The van der Waals surface area contributed by atoms with Crippen molar-refractivity contribution in [2.24, 2.45) is 0 Å². The van der Waals surface area contributed by atoms with Gasteiger partial charge in [0.25, 0.3) is 0 Å². The number of piperidine rings is 1. The van der Waals surface area contributed by atoms with Gasteiger partial charge in [0.05, 0.1) is 9.50 Å². The van der Waals surface area contributed by atoms with Gasteiger partial charge in [0.2, 0.25) is 5.95 Å². The van der Waals surface area contributed by atoms with Gasteiger partial charge in [-0.2, -0.15) is 0 Å². The first kappa shape index (κ1) is 16.4. The van der Waals surface area contributed by atoms with Gasteiger partial charge < -0.3 is 9.80 Å². The second-order valence-electron chi connectivity index (χ2n) is 5.49. The van der Waals surface area contributed by atoms with E-state index in [9.17, 15) is 4.39 Å². The van der Waals surface area contributed by atoms with Gasteiger partial charge in [0, 0.05) is 44.8 Å². The Balaban J connectivity index is 1.65. The van der Waals surface area contributed by atoms with Crippen molar-refractivity contribution in [3.63, 3.8) is 0 Å². The zero-order chi connectivity index (χ0) is 16.4. The van der Waals surface area contributed by atoms with E-state index in [1.165, 1.54) is 12.3 Å². The highest BCUT2D eigenvalue weighted by Gasteiger charge is 2.26. The Morgan fingerprint density at radius 2 is 1.87 bits per heavy atom. The molecule has 1 fully saturated rings. The van der Waals surface area contributed by atoms with Crippen molar-refractivity contribution in [1.82, 2.24) is 15.0 Å². The quantitative estimate of drug-likeness (QED) is 0.789. The molecule has 0 N–H and O–H groups in total. The van der Waals surface area contributed by atoms with E-state index in [1.807, 2.05) is 11.9 Å². The normalized spacial score (nSPS) is 15.7. The maximum Gasteiger partial charge on any atom is 0.225 e. The van der Waals surface area contributed by atoms with Crippen LogP contribution in [0.4, 0.5) is 16.2 Å². The summed E-state index contributed by atoms with van der Waals surface area (Å²) in [5, 5.41) is 0.313. The molecule has 122 valence electrons. The smallest absolute Gasteiger partial charge is 0.225 e. The molecule has 0 bridgehead atoms. The number of rotatable bonds is 3. The second kappa shape index (κ2) is 6.97. The molecule has 0 atom stereocenters. The molecule has 0 saturated carbocycles. The van der Waals surface area contributed by atoms with E-state index in [1.54, 1.807) is 12.4 Å².